The highest BCUT2D eigenvalue weighted by Gasteiger charge is 2.38. The van der Waals surface area contributed by atoms with E-state index in [0.717, 1.165) is 26.1 Å². The van der Waals surface area contributed by atoms with Crippen molar-refractivity contribution in [2.45, 2.75) is 38.1 Å². The van der Waals surface area contributed by atoms with E-state index in [-0.39, 0.29) is 11.5 Å². The van der Waals surface area contributed by atoms with E-state index in [9.17, 15) is 9.90 Å². The predicted octanol–water partition coefficient (Wildman–Crippen LogP) is 1.43. The Morgan fingerprint density at radius 1 is 1.26 bits per heavy atom. The highest BCUT2D eigenvalue weighted by molar-refractivity contribution is 5.76. The molecule has 1 aromatic heterocycles. The monoisotopic (exact) mass is 314 g/mol. The molecule has 5 nitrogen and oxygen atoms in total. The van der Waals surface area contributed by atoms with Gasteiger partial charge in [-0.05, 0) is 25.5 Å². The van der Waals surface area contributed by atoms with Crippen molar-refractivity contribution in [2.75, 3.05) is 19.6 Å². The molecular formula is C18H22N2O3. The summed E-state index contributed by atoms with van der Waals surface area (Å²) in [5, 5.41) is 10.5. The van der Waals surface area contributed by atoms with Crippen LogP contribution in [0.3, 0.4) is 0 Å². The van der Waals surface area contributed by atoms with Crippen molar-refractivity contribution in [2.24, 2.45) is 0 Å². The van der Waals surface area contributed by atoms with Gasteiger partial charge >= 0.3 is 0 Å². The lowest BCUT2D eigenvalue weighted by atomic mass is 10.1. The van der Waals surface area contributed by atoms with Gasteiger partial charge in [-0.1, -0.05) is 12.1 Å². The van der Waals surface area contributed by atoms with Crippen molar-refractivity contribution in [1.82, 2.24) is 9.80 Å². The molecule has 1 unspecified atom stereocenters. The predicted molar refractivity (Wildman–Crippen MR) is 88.3 cm³/mol. The molecule has 0 radical (unpaired) electrons. The van der Waals surface area contributed by atoms with Gasteiger partial charge in [0.15, 0.2) is 5.43 Å². The molecule has 1 N–H and O–H groups in total. The zero-order valence-electron chi connectivity index (χ0n) is 13.3. The fourth-order valence-corrected chi connectivity index (χ4v) is 3.94. The summed E-state index contributed by atoms with van der Waals surface area (Å²) in [6.45, 7) is 5.41. The van der Waals surface area contributed by atoms with Crippen LogP contribution >= 0.6 is 0 Å². The van der Waals surface area contributed by atoms with Crippen LogP contribution in [0.2, 0.25) is 0 Å². The number of aliphatic hydroxyl groups excluding tert-OH is 1. The average molecular weight is 314 g/mol. The van der Waals surface area contributed by atoms with Gasteiger partial charge in [0, 0.05) is 43.8 Å². The summed E-state index contributed by atoms with van der Waals surface area (Å²) in [6, 6.07) is 8.14. The van der Waals surface area contributed by atoms with Crippen LogP contribution in [0.4, 0.5) is 0 Å². The molecule has 3 atom stereocenters. The number of benzene rings is 1. The molecule has 0 bridgehead atoms. The van der Waals surface area contributed by atoms with E-state index < -0.39 is 0 Å². The summed E-state index contributed by atoms with van der Waals surface area (Å²) in [5.74, 6) is 0. The molecule has 5 heteroatoms. The highest BCUT2D eigenvalue weighted by atomic mass is 16.3. The highest BCUT2D eigenvalue weighted by Crippen LogP contribution is 2.26. The van der Waals surface area contributed by atoms with E-state index in [4.69, 9.17) is 4.42 Å². The molecule has 2 aliphatic rings. The van der Waals surface area contributed by atoms with Gasteiger partial charge in [0.1, 0.15) is 5.58 Å². The Labute approximate surface area is 135 Å². The normalized spacial score (nSPS) is 29.0. The molecule has 2 aromatic rings. The zero-order chi connectivity index (χ0) is 16.0. The minimum atomic E-state index is -0.210. The maximum atomic E-state index is 12.7. The molecule has 1 aromatic carbocycles. The molecule has 2 aliphatic heterocycles. The molecule has 2 fully saturated rings. The number of para-hydroxylation sites is 1. The van der Waals surface area contributed by atoms with E-state index in [1.807, 2.05) is 24.3 Å². The molecule has 2 saturated heterocycles. The van der Waals surface area contributed by atoms with E-state index in [1.165, 1.54) is 0 Å². The number of piperazine rings is 1. The van der Waals surface area contributed by atoms with Crippen molar-refractivity contribution in [3.63, 3.8) is 0 Å². The third-order valence-electron chi connectivity index (χ3n) is 5.20. The van der Waals surface area contributed by atoms with Crippen molar-refractivity contribution in [3.05, 3.63) is 46.3 Å². The van der Waals surface area contributed by atoms with Gasteiger partial charge in [-0.3, -0.25) is 14.6 Å². The molecule has 3 heterocycles. The van der Waals surface area contributed by atoms with Gasteiger partial charge in [0.05, 0.1) is 17.8 Å². The van der Waals surface area contributed by atoms with Crippen LogP contribution in [0.1, 0.15) is 18.9 Å². The minimum Gasteiger partial charge on any atom is -0.464 e. The summed E-state index contributed by atoms with van der Waals surface area (Å²) >= 11 is 0. The first-order valence-corrected chi connectivity index (χ1v) is 8.27. The Hall–Kier alpha value is -1.69. The number of hydrogen-bond acceptors (Lipinski definition) is 5. The van der Waals surface area contributed by atoms with E-state index in [2.05, 4.69) is 16.7 Å². The Kier molecular flexibility index (Phi) is 3.71. The quantitative estimate of drug-likeness (QED) is 0.909. The van der Waals surface area contributed by atoms with Gasteiger partial charge in [0.25, 0.3) is 0 Å². The largest absolute Gasteiger partial charge is 0.464 e. The lowest BCUT2D eigenvalue weighted by Gasteiger charge is -2.42. The lowest BCUT2D eigenvalue weighted by Crippen LogP contribution is -2.54. The molecule has 0 saturated carbocycles. The van der Waals surface area contributed by atoms with Crippen molar-refractivity contribution < 1.29 is 9.52 Å². The minimum absolute atomic E-state index is 0.0629. The van der Waals surface area contributed by atoms with Crippen LogP contribution < -0.4 is 5.43 Å². The maximum Gasteiger partial charge on any atom is 0.197 e. The first-order chi connectivity index (χ1) is 11.1. The second kappa shape index (κ2) is 5.74. The topological polar surface area (TPSA) is 56.9 Å². The standard InChI is InChI=1S/C18H22N2O3/c1-12-7-20-10-15(21)6-14(20)9-19(12)8-13-11-23-17-5-3-2-4-16(17)18(13)22/h2-5,11-12,14-15,21H,6-10H2,1H3/t12-,14?,15-/m1/s1. The SMILES string of the molecule is C[C@@H]1CN2C[C@H](O)CC2CN1Cc1coc2ccccc2c1=O. The average Bonchev–Trinajstić information content (AvgIpc) is 2.89. The smallest absolute Gasteiger partial charge is 0.197 e. The van der Waals surface area contributed by atoms with Crippen LogP contribution in [0.25, 0.3) is 11.0 Å². The third-order valence-corrected chi connectivity index (χ3v) is 5.20. The fraction of sp³-hybridized carbons (Fsp3) is 0.500. The summed E-state index contributed by atoms with van der Waals surface area (Å²) in [4.78, 5) is 17.4. The number of rotatable bonds is 2. The van der Waals surface area contributed by atoms with Crippen LogP contribution in [0, 0.1) is 0 Å². The molecule has 23 heavy (non-hydrogen) atoms. The van der Waals surface area contributed by atoms with Gasteiger partial charge < -0.3 is 9.52 Å². The van der Waals surface area contributed by atoms with Crippen LogP contribution in [0.5, 0.6) is 0 Å². The second-order valence-corrected chi connectivity index (χ2v) is 6.86. The van der Waals surface area contributed by atoms with Gasteiger partial charge in [-0.15, -0.1) is 0 Å². The van der Waals surface area contributed by atoms with Crippen molar-refractivity contribution >= 4 is 11.0 Å². The Morgan fingerprint density at radius 3 is 2.96 bits per heavy atom. The zero-order valence-corrected chi connectivity index (χ0v) is 13.3. The summed E-state index contributed by atoms with van der Waals surface area (Å²) in [7, 11) is 0. The summed E-state index contributed by atoms with van der Waals surface area (Å²) in [6.07, 6.45) is 2.22. The number of nitrogens with zero attached hydrogens (tertiary/aromatic N) is 2. The number of hydrogen-bond donors (Lipinski definition) is 1. The van der Waals surface area contributed by atoms with Gasteiger partial charge in [0.2, 0.25) is 0 Å². The van der Waals surface area contributed by atoms with Crippen molar-refractivity contribution in [1.29, 1.82) is 0 Å². The van der Waals surface area contributed by atoms with Crippen LogP contribution in [-0.4, -0.2) is 52.7 Å². The third kappa shape index (κ3) is 2.69. The Bertz CT molecular complexity index is 772. The van der Waals surface area contributed by atoms with Crippen LogP contribution in [0.15, 0.2) is 39.7 Å². The first-order valence-electron chi connectivity index (χ1n) is 8.27. The van der Waals surface area contributed by atoms with E-state index >= 15 is 0 Å². The molecule has 122 valence electrons. The van der Waals surface area contributed by atoms with Crippen LogP contribution in [-0.2, 0) is 6.54 Å². The summed E-state index contributed by atoms with van der Waals surface area (Å²) in [5.41, 5.74) is 1.41. The van der Waals surface area contributed by atoms with E-state index in [0.29, 0.717) is 35.2 Å². The molecule has 0 amide bonds. The second-order valence-electron chi connectivity index (χ2n) is 6.86. The summed E-state index contributed by atoms with van der Waals surface area (Å²) < 4.78 is 5.63. The number of fused-ring (bicyclic) bond motifs is 2. The fourth-order valence-electron chi connectivity index (χ4n) is 3.94. The lowest BCUT2D eigenvalue weighted by molar-refractivity contribution is 0.0523. The maximum absolute atomic E-state index is 12.7. The number of aliphatic hydroxyl groups is 1. The van der Waals surface area contributed by atoms with E-state index in [1.54, 1.807) is 6.26 Å². The molecule has 0 aliphatic carbocycles. The Morgan fingerprint density at radius 2 is 2.09 bits per heavy atom. The van der Waals surface area contributed by atoms with Crippen molar-refractivity contribution in [3.8, 4) is 0 Å². The van der Waals surface area contributed by atoms with Gasteiger partial charge in [-0.25, -0.2) is 0 Å². The molecule has 0 spiro atoms. The first kappa shape index (κ1) is 14.9. The molecular weight excluding hydrogens is 292 g/mol. The van der Waals surface area contributed by atoms with Gasteiger partial charge in [-0.2, -0.15) is 0 Å². The molecule has 4 rings (SSSR count). The Balaban J connectivity index is 1.58.